The maximum atomic E-state index is 12.1. The molecule has 2 heterocycles. The van der Waals surface area contributed by atoms with Crippen molar-refractivity contribution in [3.05, 3.63) is 23.9 Å². The number of carbonyl (C=O) groups excluding carboxylic acids is 1. The molecule has 1 saturated carbocycles. The second-order valence-electron chi connectivity index (χ2n) is 6.46. The van der Waals surface area contributed by atoms with Crippen molar-refractivity contribution in [1.82, 2.24) is 10.3 Å². The predicted molar refractivity (Wildman–Crippen MR) is 104 cm³/mol. The zero-order valence-corrected chi connectivity index (χ0v) is 16.0. The molecule has 0 unspecified atom stereocenters. The van der Waals surface area contributed by atoms with E-state index in [4.69, 9.17) is 10.5 Å². The number of halogens is 2. The monoisotopic (exact) mass is 390 g/mol. The maximum Gasteiger partial charge on any atom is 0.220 e. The summed E-state index contributed by atoms with van der Waals surface area (Å²) in [7, 11) is 0. The summed E-state index contributed by atoms with van der Waals surface area (Å²) >= 11 is 0. The van der Waals surface area contributed by atoms with E-state index >= 15 is 0 Å². The van der Waals surface area contributed by atoms with Crippen LogP contribution in [0.2, 0.25) is 0 Å². The molecule has 0 aromatic carbocycles. The van der Waals surface area contributed by atoms with E-state index in [1.54, 1.807) is 6.20 Å². The molecule has 1 saturated heterocycles. The van der Waals surface area contributed by atoms with Gasteiger partial charge in [0, 0.05) is 38.3 Å². The van der Waals surface area contributed by atoms with E-state index in [9.17, 15) is 4.79 Å². The van der Waals surface area contributed by atoms with Crippen LogP contribution in [-0.2, 0) is 16.1 Å². The highest BCUT2D eigenvalue weighted by molar-refractivity contribution is 5.85. The van der Waals surface area contributed by atoms with Gasteiger partial charge in [0.15, 0.2) is 0 Å². The molecule has 142 valence electrons. The number of nitrogens with two attached hydrogens (primary N) is 1. The van der Waals surface area contributed by atoms with Crippen molar-refractivity contribution in [2.75, 3.05) is 31.2 Å². The molecule has 0 bridgehead atoms. The summed E-state index contributed by atoms with van der Waals surface area (Å²) in [5.41, 5.74) is 7.11. The summed E-state index contributed by atoms with van der Waals surface area (Å²) in [6.45, 7) is 3.75. The van der Waals surface area contributed by atoms with Crippen molar-refractivity contribution in [3.8, 4) is 0 Å². The largest absolute Gasteiger partial charge is 0.378 e. The van der Waals surface area contributed by atoms with Crippen molar-refractivity contribution in [1.29, 1.82) is 0 Å². The van der Waals surface area contributed by atoms with Crippen LogP contribution < -0.4 is 16.0 Å². The Kier molecular flexibility index (Phi) is 9.50. The quantitative estimate of drug-likeness (QED) is 0.802. The number of morpholine rings is 1. The first-order valence-corrected chi connectivity index (χ1v) is 8.52. The Morgan fingerprint density at radius 1 is 1.32 bits per heavy atom. The lowest BCUT2D eigenvalue weighted by molar-refractivity contribution is -0.122. The molecule has 25 heavy (non-hydrogen) atoms. The SMILES string of the molecule is Cl.Cl.N[C@@H]1CCC[C@H]1CC(=O)NCc1ccnc(N2CCOCC2)c1. The van der Waals surface area contributed by atoms with Crippen LogP contribution in [0.1, 0.15) is 31.2 Å². The number of anilines is 1. The molecule has 3 N–H and O–H groups in total. The van der Waals surface area contributed by atoms with Gasteiger partial charge in [-0.3, -0.25) is 4.79 Å². The number of aromatic nitrogens is 1. The zero-order valence-electron chi connectivity index (χ0n) is 14.4. The first-order chi connectivity index (χ1) is 11.2. The van der Waals surface area contributed by atoms with Gasteiger partial charge in [0.2, 0.25) is 5.91 Å². The highest BCUT2D eigenvalue weighted by atomic mass is 35.5. The molecule has 0 radical (unpaired) electrons. The fraction of sp³-hybridized carbons (Fsp3) is 0.647. The van der Waals surface area contributed by atoms with Gasteiger partial charge in [0.05, 0.1) is 13.2 Å². The zero-order chi connectivity index (χ0) is 16.1. The molecule has 1 aliphatic carbocycles. The fourth-order valence-electron chi connectivity index (χ4n) is 3.37. The lowest BCUT2D eigenvalue weighted by Gasteiger charge is -2.28. The van der Waals surface area contributed by atoms with E-state index in [1.165, 1.54) is 0 Å². The Bertz CT molecular complexity index is 541. The predicted octanol–water partition coefficient (Wildman–Crippen LogP) is 1.90. The van der Waals surface area contributed by atoms with E-state index < -0.39 is 0 Å². The normalized spacial score (nSPS) is 22.7. The molecular formula is C17H28Cl2N4O2. The standard InChI is InChI=1S/C17H26N4O2.2ClH/c18-15-3-1-2-14(15)11-17(22)20-12-13-4-5-19-16(10-13)21-6-8-23-9-7-21;;/h4-5,10,14-15H,1-3,6-9,11-12,18H2,(H,20,22);2*1H/t14-,15+;;/m0../s1. The Morgan fingerprint density at radius 3 is 2.76 bits per heavy atom. The number of nitrogens with one attached hydrogen (secondary N) is 1. The van der Waals surface area contributed by atoms with Crippen molar-refractivity contribution >= 4 is 36.5 Å². The molecule has 2 fully saturated rings. The summed E-state index contributed by atoms with van der Waals surface area (Å²) in [5.74, 6) is 1.39. The molecule has 3 rings (SSSR count). The van der Waals surface area contributed by atoms with Crippen LogP contribution >= 0.6 is 24.8 Å². The summed E-state index contributed by atoms with van der Waals surface area (Å²) in [4.78, 5) is 18.7. The van der Waals surface area contributed by atoms with Crippen LogP contribution in [0, 0.1) is 5.92 Å². The van der Waals surface area contributed by atoms with Crippen LogP contribution in [0.25, 0.3) is 0 Å². The molecule has 1 aromatic heterocycles. The molecule has 2 atom stereocenters. The second-order valence-corrected chi connectivity index (χ2v) is 6.46. The lowest BCUT2D eigenvalue weighted by Crippen LogP contribution is -2.36. The van der Waals surface area contributed by atoms with Gasteiger partial charge in [-0.25, -0.2) is 4.98 Å². The Hall–Kier alpha value is -1.08. The molecule has 2 aliphatic rings. The molecule has 6 nitrogen and oxygen atoms in total. The molecule has 0 spiro atoms. The first kappa shape index (κ1) is 22.0. The molecule has 8 heteroatoms. The van der Waals surface area contributed by atoms with E-state index in [1.807, 2.05) is 12.1 Å². The van der Waals surface area contributed by atoms with Gasteiger partial charge in [-0.05, 0) is 36.5 Å². The first-order valence-electron chi connectivity index (χ1n) is 8.52. The number of hydrogen-bond acceptors (Lipinski definition) is 5. The van der Waals surface area contributed by atoms with E-state index in [0.717, 1.165) is 56.9 Å². The number of hydrogen-bond donors (Lipinski definition) is 2. The minimum absolute atomic E-state index is 0. The number of nitrogens with zero attached hydrogens (tertiary/aromatic N) is 2. The van der Waals surface area contributed by atoms with E-state index in [0.29, 0.717) is 18.9 Å². The Morgan fingerprint density at radius 2 is 2.08 bits per heavy atom. The number of amides is 1. The Labute approximate surface area is 161 Å². The fourth-order valence-corrected chi connectivity index (χ4v) is 3.37. The van der Waals surface area contributed by atoms with E-state index in [2.05, 4.69) is 15.2 Å². The third kappa shape index (κ3) is 6.29. The van der Waals surface area contributed by atoms with Crippen LogP contribution in [0.3, 0.4) is 0 Å². The molecule has 1 amide bonds. The van der Waals surface area contributed by atoms with Gasteiger partial charge in [0.1, 0.15) is 5.82 Å². The van der Waals surface area contributed by atoms with Gasteiger partial charge in [-0.1, -0.05) is 6.42 Å². The minimum Gasteiger partial charge on any atom is -0.378 e. The summed E-state index contributed by atoms with van der Waals surface area (Å²) < 4.78 is 5.37. The molecular weight excluding hydrogens is 363 g/mol. The number of pyridine rings is 1. The number of rotatable bonds is 5. The van der Waals surface area contributed by atoms with Crippen molar-refractivity contribution in [2.24, 2.45) is 11.7 Å². The van der Waals surface area contributed by atoms with Gasteiger partial charge >= 0.3 is 0 Å². The Balaban J connectivity index is 0.00000156. The van der Waals surface area contributed by atoms with Gasteiger partial charge in [0.25, 0.3) is 0 Å². The van der Waals surface area contributed by atoms with Gasteiger partial charge < -0.3 is 20.7 Å². The summed E-state index contributed by atoms with van der Waals surface area (Å²) in [6.07, 6.45) is 5.62. The van der Waals surface area contributed by atoms with Gasteiger partial charge in [-0.15, -0.1) is 24.8 Å². The van der Waals surface area contributed by atoms with Crippen molar-refractivity contribution in [2.45, 2.75) is 38.3 Å². The summed E-state index contributed by atoms with van der Waals surface area (Å²) in [6, 6.07) is 4.19. The van der Waals surface area contributed by atoms with E-state index in [-0.39, 0.29) is 36.8 Å². The van der Waals surface area contributed by atoms with Crippen LogP contribution in [0.15, 0.2) is 18.3 Å². The topological polar surface area (TPSA) is 80.5 Å². The van der Waals surface area contributed by atoms with Crippen LogP contribution in [-0.4, -0.2) is 43.2 Å². The number of ether oxygens (including phenoxy) is 1. The maximum absolute atomic E-state index is 12.1. The highest BCUT2D eigenvalue weighted by Gasteiger charge is 2.25. The van der Waals surface area contributed by atoms with Crippen LogP contribution in [0.4, 0.5) is 5.82 Å². The molecule has 1 aliphatic heterocycles. The minimum atomic E-state index is 0. The van der Waals surface area contributed by atoms with Crippen molar-refractivity contribution in [3.63, 3.8) is 0 Å². The second kappa shape index (κ2) is 10.8. The number of carbonyl (C=O) groups is 1. The van der Waals surface area contributed by atoms with Crippen molar-refractivity contribution < 1.29 is 9.53 Å². The average Bonchev–Trinajstić information content (AvgIpc) is 2.99. The highest BCUT2D eigenvalue weighted by Crippen LogP contribution is 2.26. The van der Waals surface area contributed by atoms with Crippen LogP contribution in [0.5, 0.6) is 0 Å². The molecule has 1 aromatic rings. The summed E-state index contributed by atoms with van der Waals surface area (Å²) in [5, 5.41) is 3.01. The smallest absolute Gasteiger partial charge is 0.220 e. The third-order valence-electron chi connectivity index (χ3n) is 4.80. The van der Waals surface area contributed by atoms with Gasteiger partial charge in [-0.2, -0.15) is 0 Å². The lowest BCUT2D eigenvalue weighted by atomic mass is 10.00. The average molecular weight is 391 g/mol. The third-order valence-corrected chi connectivity index (χ3v) is 4.80.